The van der Waals surface area contributed by atoms with E-state index in [-0.39, 0.29) is 29.1 Å². The molecule has 29 heavy (non-hydrogen) atoms. The van der Waals surface area contributed by atoms with Gasteiger partial charge in [-0.15, -0.1) is 0 Å². The van der Waals surface area contributed by atoms with Crippen LogP contribution in [0.15, 0.2) is 48.5 Å². The van der Waals surface area contributed by atoms with Crippen molar-refractivity contribution < 1.29 is 24.0 Å². The highest BCUT2D eigenvalue weighted by atomic mass is 16.6. The molecule has 0 radical (unpaired) electrons. The molecule has 1 saturated carbocycles. The molecule has 0 spiro atoms. The third kappa shape index (κ3) is 3.49. The molecule has 2 unspecified atom stereocenters. The number of ether oxygens (including phenoxy) is 1. The molecule has 148 valence electrons. The molecule has 1 heterocycles. The number of imide groups is 1. The summed E-state index contributed by atoms with van der Waals surface area (Å²) in [6.07, 6.45) is 1.97. The molecule has 8 heteroatoms. The number of non-ortho nitro benzene ring substituents is 1. The van der Waals surface area contributed by atoms with Crippen LogP contribution in [0.3, 0.4) is 0 Å². The van der Waals surface area contributed by atoms with Crippen molar-refractivity contribution >= 4 is 23.5 Å². The number of nitrogens with zero attached hydrogens (tertiary/aromatic N) is 2. The van der Waals surface area contributed by atoms with E-state index in [1.807, 2.05) is 0 Å². The summed E-state index contributed by atoms with van der Waals surface area (Å²) in [5.41, 5.74) is 0.924. The minimum Gasteiger partial charge on any atom is -0.459 e. The number of rotatable bonds is 4. The zero-order valence-corrected chi connectivity index (χ0v) is 15.4. The Morgan fingerprint density at radius 2 is 1.62 bits per heavy atom. The summed E-state index contributed by atoms with van der Waals surface area (Å²) < 4.78 is 5.56. The summed E-state index contributed by atoms with van der Waals surface area (Å²) in [5, 5.41) is 10.7. The maximum Gasteiger partial charge on any atom is 0.338 e. The SMILES string of the molecule is O=C(OC1CCCC(N2C(=O)c3ccccc3C2=O)C1)c1ccc([N+](=O)[O-])cc1. The van der Waals surface area contributed by atoms with Crippen LogP contribution in [0.5, 0.6) is 0 Å². The third-order valence-corrected chi connectivity index (χ3v) is 5.38. The number of benzene rings is 2. The van der Waals surface area contributed by atoms with Crippen molar-refractivity contribution in [3.63, 3.8) is 0 Å². The number of hydrogen-bond donors (Lipinski definition) is 0. The van der Waals surface area contributed by atoms with Crippen LogP contribution in [-0.2, 0) is 4.74 Å². The summed E-state index contributed by atoms with van der Waals surface area (Å²) >= 11 is 0. The summed E-state index contributed by atoms with van der Waals surface area (Å²) in [6.45, 7) is 0. The minimum absolute atomic E-state index is 0.107. The van der Waals surface area contributed by atoms with E-state index in [1.165, 1.54) is 29.2 Å². The van der Waals surface area contributed by atoms with Crippen molar-refractivity contribution in [1.29, 1.82) is 0 Å². The molecule has 2 aromatic rings. The summed E-state index contributed by atoms with van der Waals surface area (Å²) in [6, 6.07) is 11.6. The van der Waals surface area contributed by atoms with Gasteiger partial charge >= 0.3 is 5.97 Å². The number of carbonyl (C=O) groups is 3. The Kier molecular flexibility index (Phi) is 4.84. The molecule has 2 atom stereocenters. The molecule has 0 aromatic heterocycles. The fraction of sp³-hybridized carbons (Fsp3) is 0.286. The van der Waals surface area contributed by atoms with Gasteiger partial charge in [0.25, 0.3) is 17.5 Å². The second-order valence-electron chi connectivity index (χ2n) is 7.18. The van der Waals surface area contributed by atoms with Gasteiger partial charge in [-0.3, -0.25) is 24.6 Å². The van der Waals surface area contributed by atoms with Gasteiger partial charge in [-0.2, -0.15) is 0 Å². The monoisotopic (exact) mass is 394 g/mol. The normalized spacial score (nSPS) is 21.0. The largest absolute Gasteiger partial charge is 0.459 e. The molecular weight excluding hydrogens is 376 g/mol. The number of fused-ring (bicyclic) bond motifs is 1. The van der Waals surface area contributed by atoms with Gasteiger partial charge in [-0.25, -0.2) is 4.79 Å². The quantitative estimate of drug-likeness (QED) is 0.341. The molecule has 2 amide bonds. The molecular formula is C21H18N2O6. The number of hydrogen-bond acceptors (Lipinski definition) is 6. The van der Waals surface area contributed by atoms with Crippen molar-refractivity contribution in [2.24, 2.45) is 0 Å². The maximum atomic E-state index is 12.7. The van der Waals surface area contributed by atoms with E-state index in [0.29, 0.717) is 30.4 Å². The lowest BCUT2D eigenvalue weighted by Crippen LogP contribution is -2.44. The second kappa shape index (κ2) is 7.46. The fourth-order valence-electron chi connectivity index (χ4n) is 3.94. The van der Waals surface area contributed by atoms with E-state index in [4.69, 9.17) is 4.74 Å². The van der Waals surface area contributed by atoms with Crippen molar-refractivity contribution in [3.05, 3.63) is 75.3 Å². The van der Waals surface area contributed by atoms with E-state index in [1.54, 1.807) is 24.3 Å². The van der Waals surface area contributed by atoms with Crippen molar-refractivity contribution in [1.82, 2.24) is 4.90 Å². The van der Waals surface area contributed by atoms with Gasteiger partial charge in [0, 0.05) is 24.6 Å². The Labute approximate surface area is 166 Å². The van der Waals surface area contributed by atoms with E-state index >= 15 is 0 Å². The molecule has 2 aliphatic rings. The van der Waals surface area contributed by atoms with Gasteiger partial charge in [0.2, 0.25) is 0 Å². The summed E-state index contributed by atoms with van der Waals surface area (Å²) in [7, 11) is 0. The average Bonchev–Trinajstić information content (AvgIpc) is 2.99. The zero-order valence-electron chi connectivity index (χ0n) is 15.4. The van der Waals surface area contributed by atoms with Crippen molar-refractivity contribution in [3.8, 4) is 0 Å². The molecule has 1 aliphatic heterocycles. The number of nitro benzene ring substituents is 1. The molecule has 1 aliphatic carbocycles. The predicted octanol–water partition coefficient (Wildman–Crippen LogP) is 3.36. The zero-order chi connectivity index (χ0) is 20.5. The predicted molar refractivity (Wildman–Crippen MR) is 101 cm³/mol. The number of carbonyl (C=O) groups excluding carboxylic acids is 3. The van der Waals surface area contributed by atoms with Crippen LogP contribution >= 0.6 is 0 Å². The lowest BCUT2D eigenvalue weighted by atomic mass is 9.91. The van der Waals surface area contributed by atoms with Gasteiger partial charge in [-0.1, -0.05) is 12.1 Å². The first kappa shape index (κ1) is 18.8. The van der Waals surface area contributed by atoms with Crippen LogP contribution in [0.4, 0.5) is 5.69 Å². The minimum atomic E-state index is -0.576. The van der Waals surface area contributed by atoms with E-state index in [0.717, 1.165) is 6.42 Å². The standard InChI is InChI=1S/C21H18N2O6/c24-19-17-6-1-2-7-18(17)20(25)22(19)15-4-3-5-16(12-15)29-21(26)13-8-10-14(11-9-13)23(27)28/h1-2,6-11,15-16H,3-5,12H2. The Bertz CT molecular complexity index is 965. The number of nitro groups is 1. The first-order valence-corrected chi connectivity index (χ1v) is 9.38. The van der Waals surface area contributed by atoms with Crippen molar-refractivity contribution in [2.75, 3.05) is 0 Å². The molecule has 0 bridgehead atoms. The van der Waals surface area contributed by atoms with Gasteiger partial charge < -0.3 is 4.74 Å². The summed E-state index contributed by atoms with van der Waals surface area (Å²) in [5.74, 6) is -1.19. The lowest BCUT2D eigenvalue weighted by molar-refractivity contribution is -0.384. The van der Waals surface area contributed by atoms with Crippen molar-refractivity contribution in [2.45, 2.75) is 37.8 Å². The Hall–Kier alpha value is -3.55. The Balaban J connectivity index is 1.44. The maximum absolute atomic E-state index is 12.7. The molecule has 2 aromatic carbocycles. The first-order valence-electron chi connectivity index (χ1n) is 9.38. The van der Waals surface area contributed by atoms with Crippen LogP contribution in [0.25, 0.3) is 0 Å². The van der Waals surface area contributed by atoms with Crippen LogP contribution in [0.2, 0.25) is 0 Å². The van der Waals surface area contributed by atoms with Gasteiger partial charge in [0.15, 0.2) is 0 Å². The van der Waals surface area contributed by atoms with E-state index in [2.05, 4.69) is 0 Å². The molecule has 0 N–H and O–H groups in total. The molecule has 8 nitrogen and oxygen atoms in total. The van der Waals surface area contributed by atoms with E-state index in [9.17, 15) is 24.5 Å². The number of esters is 1. The highest BCUT2D eigenvalue weighted by Gasteiger charge is 2.41. The van der Waals surface area contributed by atoms with E-state index < -0.39 is 17.0 Å². The van der Waals surface area contributed by atoms with Crippen LogP contribution in [-0.4, -0.2) is 39.8 Å². The molecule has 1 fully saturated rings. The smallest absolute Gasteiger partial charge is 0.338 e. The van der Waals surface area contributed by atoms with Crippen LogP contribution in [0.1, 0.15) is 56.8 Å². The van der Waals surface area contributed by atoms with Crippen LogP contribution < -0.4 is 0 Å². The Morgan fingerprint density at radius 3 is 2.21 bits per heavy atom. The molecule has 0 saturated heterocycles. The number of amides is 2. The second-order valence-corrected chi connectivity index (χ2v) is 7.18. The van der Waals surface area contributed by atoms with Gasteiger partial charge in [0.05, 0.1) is 21.6 Å². The first-order chi connectivity index (χ1) is 14.0. The topological polar surface area (TPSA) is 107 Å². The fourth-order valence-corrected chi connectivity index (χ4v) is 3.94. The van der Waals surface area contributed by atoms with Gasteiger partial charge in [0.1, 0.15) is 6.10 Å². The summed E-state index contributed by atoms with van der Waals surface area (Å²) in [4.78, 5) is 49.2. The highest BCUT2D eigenvalue weighted by Crippen LogP contribution is 2.32. The highest BCUT2D eigenvalue weighted by molar-refractivity contribution is 6.21. The average molecular weight is 394 g/mol. The lowest BCUT2D eigenvalue weighted by Gasteiger charge is -2.33. The van der Waals surface area contributed by atoms with Crippen LogP contribution in [0, 0.1) is 10.1 Å². The third-order valence-electron chi connectivity index (χ3n) is 5.38. The molecule has 4 rings (SSSR count). The van der Waals surface area contributed by atoms with Gasteiger partial charge in [-0.05, 0) is 43.5 Å². The Morgan fingerprint density at radius 1 is 1.00 bits per heavy atom.